The van der Waals surface area contributed by atoms with Crippen molar-refractivity contribution in [3.8, 4) is 0 Å². The van der Waals surface area contributed by atoms with E-state index in [2.05, 4.69) is 11.8 Å². The number of likely N-dealkylation sites (tertiary alicyclic amines) is 1. The van der Waals surface area contributed by atoms with Crippen molar-refractivity contribution in [2.24, 2.45) is 11.7 Å². The Labute approximate surface area is 116 Å². The molecule has 0 aromatic carbocycles. The molecule has 0 aromatic rings. The highest BCUT2D eigenvalue weighted by Crippen LogP contribution is 2.33. The quantitative estimate of drug-likeness (QED) is 0.806. The lowest BCUT2D eigenvalue weighted by Crippen LogP contribution is -2.62. The molecule has 2 saturated heterocycles. The molecule has 0 aliphatic carbocycles. The molecule has 0 saturated carbocycles. The van der Waals surface area contributed by atoms with Crippen molar-refractivity contribution >= 4 is 9.84 Å². The van der Waals surface area contributed by atoms with Crippen LogP contribution in [0.25, 0.3) is 0 Å². The maximum absolute atomic E-state index is 11.6. The highest BCUT2D eigenvalue weighted by Gasteiger charge is 2.43. The summed E-state index contributed by atoms with van der Waals surface area (Å²) in [5.41, 5.74) is 5.87. The van der Waals surface area contributed by atoms with Gasteiger partial charge in [-0.15, -0.1) is 0 Å². The fraction of sp³-hybridized carbons (Fsp3) is 1.00. The van der Waals surface area contributed by atoms with Gasteiger partial charge >= 0.3 is 0 Å². The Balaban J connectivity index is 2.10. The van der Waals surface area contributed by atoms with E-state index in [0.29, 0.717) is 25.3 Å². The van der Waals surface area contributed by atoms with Crippen LogP contribution in [-0.4, -0.2) is 63.2 Å². The van der Waals surface area contributed by atoms with E-state index in [9.17, 15) is 8.42 Å². The van der Waals surface area contributed by atoms with Crippen LogP contribution in [0.1, 0.15) is 26.2 Å². The summed E-state index contributed by atoms with van der Waals surface area (Å²) < 4.78 is 28.8. The summed E-state index contributed by atoms with van der Waals surface area (Å²) in [5.74, 6) is 1.10. The van der Waals surface area contributed by atoms with Crippen LogP contribution in [0.3, 0.4) is 0 Å². The van der Waals surface area contributed by atoms with Gasteiger partial charge in [0.25, 0.3) is 0 Å². The SMILES string of the molecule is COC1CN(C2(CN)CCS(=O)(=O)CC2)CCC1C. The van der Waals surface area contributed by atoms with E-state index < -0.39 is 9.84 Å². The third-order valence-electron chi connectivity index (χ3n) is 5.00. The van der Waals surface area contributed by atoms with Crippen LogP contribution >= 0.6 is 0 Å². The van der Waals surface area contributed by atoms with Crippen LogP contribution in [0.4, 0.5) is 0 Å². The summed E-state index contributed by atoms with van der Waals surface area (Å²) in [6, 6.07) is 0. The Morgan fingerprint density at radius 3 is 2.53 bits per heavy atom. The molecule has 2 unspecified atom stereocenters. The molecule has 2 rings (SSSR count). The third kappa shape index (κ3) is 3.12. The monoisotopic (exact) mass is 290 g/mol. The van der Waals surface area contributed by atoms with E-state index in [1.807, 2.05) is 0 Å². The maximum atomic E-state index is 11.6. The molecule has 6 heteroatoms. The van der Waals surface area contributed by atoms with Gasteiger partial charge in [0.2, 0.25) is 0 Å². The summed E-state index contributed by atoms with van der Waals surface area (Å²) in [4.78, 5) is 2.38. The third-order valence-corrected chi connectivity index (χ3v) is 6.65. The van der Waals surface area contributed by atoms with Gasteiger partial charge in [0.1, 0.15) is 9.84 Å². The summed E-state index contributed by atoms with van der Waals surface area (Å²) in [5, 5.41) is 0. The van der Waals surface area contributed by atoms with Crippen molar-refractivity contribution in [1.29, 1.82) is 0 Å². The Morgan fingerprint density at radius 1 is 1.37 bits per heavy atom. The summed E-state index contributed by atoms with van der Waals surface area (Å²) in [7, 11) is -1.09. The standard InChI is InChI=1S/C13H26N2O3S/c1-11-3-6-15(9-12(11)18-2)13(10-14)4-7-19(16,17)8-5-13/h11-12H,3-10,14H2,1-2H3. The fourth-order valence-electron chi connectivity index (χ4n) is 3.34. The number of piperidine rings is 1. The normalized spacial score (nSPS) is 35.1. The van der Waals surface area contributed by atoms with Crippen LogP contribution in [0.15, 0.2) is 0 Å². The molecule has 2 fully saturated rings. The first kappa shape index (κ1) is 15.2. The fourth-order valence-corrected chi connectivity index (χ4v) is 4.93. The van der Waals surface area contributed by atoms with Crippen LogP contribution < -0.4 is 5.73 Å². The van der Waals surface area contributed by atoms with Crippen molar-refractivity contribution < 1.29 is 13.2 Å². The van der Waals surface area contributed by atoms with Gasteiger partial charge in [-0.2, -0.15) is 0 Å². The Hall–Kier alpha value is -0.170. The highest BCUT2D eigenvalue weighted by molar-refractivity contribution is 7.91. The Morgan fingerprint density at radius 2 is 2.00 bits per heavy atom. The Kier molecular flexibility index (Phi) is 4.55. The molecule has 0 amide bonds. The molecule has 2 aliphatic heterocycles. The molecule has 2 heterocycles. The van der Waals surface area contributed by atoms with Gasteiger partial charge in [0, 0.05) is 25.7 Å². The van der Waals surface area contributed by atoms with Gasteiger partial charge in [-0.3, -0.25) is 4.90 Å². The average molecular weight is 290 g/mol. The maximum Gasteiger partial charge on any atom is 0.150 e. The smallest absolute Gasteiger partial charge is 0.150 e. The van der Waals surface area contributed by atoms with E-state index in [-0.39, 0.29) is 23.1 Å². The van der Waals surface area contributed by atoms with E-state index in [1.54, 1.807) is 7.11 Å². The second kappa shape index (κ2) is 5.68. The lowest BCUT2D eigenvalue weighted by atomic mass is 9.85. The van der Waals surface area contributed by atoms with Crippen LogP contribution in [0.5, 0.6) is 0 Å². The minimum absolute atomic E-state index is 0.137. The van der Waals surface area contributed by atoms with Gasteiger partial charge in [-0.1, -0.05) is 6.92 Å². The molecule has 2 atom stereocenters. The number of nitrogens with zero attached hydrogens (tertiary/aromatic N) is 1. The molecule has 0 bridgehead atoms. The Bertz CT molecular complexity index is 396. The van der Waals surface area contributed by atoms with E-state index in [0.717, 1.165) is 19.5 Å². The second-order valence-corrected chi connectivity index (χ2v) is 8.37. The van der Waals surface area contributed by atoms with Gasteiger partial charge in [-0.25, -0.2) is 8.42 Å². The minimum atomic E-state index is -2.85. The van der Waals surface area contributed by atoms with Gasteiger partial charge in [-0.05, 0) is 31.7 Å². The molecule has 0 spiro atoms. The molecule has 19 heavy (non-hydrogen) atoms. The first-order chi connectivity index (χ1) is 8.92. The molecule has 112 valence electrons. The summed E-state index contributed by atoms with van der Waals surface area (Å²) in [6.45, 7) is 4.62. The summed E-state index contributed by atoms with van der Waals surface area (Å²) in [6.07, 6.45) is 2.65. The van der Waals surface area contributed by atoms with Crippen LogP contribution in [0.2, 0.25) is 0 Å². The number of hydrogen-bond acceptors (Lipinski definition) is 5. The molecule has 0 aromatic heterocycles. The number of hydrogen-bond donors (Lipinski definition) is 1. The predicted molar refractivity (Wildman–Crippen MR) is 75.8 cm³/mol. The lowest BCUT2D eigenvalue weighted by molar-refractivity contribution is -0.0474. The predicted octanol–water partition coefficient (Wildman–Crippen LogP) is 0.249. The van der Waals surface area contributed by atoms with Crippen molar-refractivity contribution in [3.05, 3.63) is 0 Å². The van der Waals surface area contributed by atoms with Crippen LogP contribution in [-0.2, 0) is 14.6 Å². The minimum Gasteiger partial charge on any atom is -0.380 e. The number of methoxy groups -OCH3 is 1. The number of nitrogens with two attached hydrogens (primary N) is 1. The highest BCUT2D eigenvalue weighted by atomic mass is 32.2. The van der Waals surface area contributed by atoms with E-state index in [4.69, 9.17) is 10.5 Å². The van der Waals surface area contributed by atoms with Crippen molar-refractivity contribution in [3.63, 3.8) is 0 Å². The first-order valence-corrected chi connectivity index (χ1v) is 8.93. The molecule has 2 aliphatic rings. The molecular weight excluding hydrogens is 264 g/mol. The number of rotatable bonds is 3. The topological polar surface area (TPSA) is 72.6 Å². The van der Waals surface area contributed by atoms with Gasteiger partial charge in [0.05, 0.1) is 17.6 Å². The largest absolute Gasteiger partial charge is 0.380 e. The van der Waals surface area contributed by atoms with Crippen LogP contribution in [0, 0.1) is 5.92 Å². The second-order valence-electron chi connectivity index (χ2n) is 6.07. The molecular formula is C13H26N2O3S. The number of ether oxygens (including phenoxy) is 1. The average Bonchev–Trinajstić information content (AvgIpc) is 2.40. The molecule has 5 nitrogen and oxygen atoms in total. The van der Waals surface area contributed by atoms with Gasteiger partial charge < -0.3 is 10.5 Å². The summed E-state index contributed by atoms with van der Waals surface area (Å²) >= 11 is 0. The van der Waals surface area contributed by atoms with Crippen molar-refractivity contribution in [2.75, 3.05) is 38.2 Å². The molecule has 0 radical (unpaired) electrons. The first-order valence-electron chi connectivity index (χ1n) is 7.11. The number of sulfone groups is 1. The van der Waals surface area contributed by atoms with E-state index >= 15 is 0 Å². The molecule has 2 N–H and O–H groups in total. The van der Waals surface area contributed by atoms with Crippen molar-refractivity contribution in [2.45, 2.75) is 37.8 Å². The van der Waals surface area contributed by atoms with Gasteiger partial charge in [0.15, 0.2) is 0 Å². The zero-order valence-electron chi connectivity index (χ0n) is 12.0. The lowest BCUT2D eigenvalue weighted by Gasteiger charge is -2.50. The zero-order chi connectivity index (χ0) is 14.1. The zero-order valence-corrected chi connectivity index (χ0v) is 12.8. The van der Waals surface area contributed by atoms with Crippen molar-refractivity contribution in [1.82, 2.24) is 4.90 Å². The van der Waals surface area contributed by atoms with E-state index in [1.165, 1.54) is 0 Å².